The maximum Gasteiger partial charge on any atom is 0.256 e. The predicted octanol–water partition coefficient (Wildman–Crippen LogP) is 4.85. The molecule has 0 radical (unpaired) electrons. The summed E-state index contributed by atoms with van der Waals surface area (Å²) >= 11 is 3.43. The molecule has 1 aromatic heterocycles. The van der Waals surface area contributed by atoms with Gasteiger partial charge in [-0.1, -0.05) is 28.1 Å². The van der Waals surface area contributed by atoms with E-state index in [1.165, 1.54) is 0 Å². The third-order valence-electron chi connectivity index (χ3n) is 3.45. The lowest BCUT2D eigenvalue weighted by Crippen LogP contribution is -2.12. The van der Waals surface area contributed by atoms with Gasteiger partial charge in [0.2, 0.25) is 0 Å². The van der Waals surface area contributed by atoms with Crippen LogP contribution in [0.3, 0.4) is 0 Å². The van der Waals surface area contributed by atoms with E-state index >= 15 is 0 Å². The van der Waals surface area contributed by atoms with Crippen LogP contribution in [0.15, 0.2) is 71.3 Å². The van der Waals surface area contributed by atoms with Gasteiger partial charge in [-0.3, -0.25) is 4.79 Å². The van der Waals surface area contributed by atoms with Gasteiger partial charge in [0.05, 0.1) is 19.0 Å². The summed E-state index contributed by atoms with van der Waals surface area (Å²) in [6, 6.07) is 18.4. The Morgan fingerprint density at radius 1 is 1.04 bits per heavy atom. The molecule has 0 saturated carbocycles. The van der Waals surface area contributed by atoms with Crippen molar-refractivity contribution in [2.45, 2.75) is 0 Å². The number of amides is 1. The first kappa shape index (κ1) is 17.0. The van der Waals surface area contributed by atoms with E-state index in [0.29, 0.717) is 17.1 Å². The van der Waals surface area contributed by atoms with E-state index in [0.717, 1.165) is 15.8 Å². The average molecular weight is 398 g/mol. The van der Waals surface area contributed by atoms with Crippen molar-refractivity contribution in [1.29, 1.82) is 0 Å². The molecule has 6 heteroatoms. The second-order valence-corrected chi connectivity index (χ2v) is 6.17. The first-order valence-corrected chi connectivity index (χ1v) is 8.37. The largest absolute Gasteiger partial charge is 0.497 e. The van der Waals surface area contributed by atoms with E-state index in [4.69, 9.17) is 4.74 Å². The standard InChI is InChI=1S/C19H16BrN3O2/c1-25-17-7-2-4-13(10-17)19(24)23-18-9-8-16(12-21-18)22-15-6-3-5-14(20)11-15/h2-12,22H,1H3,(H,21,23,24). The van der Waals surface area contributed by atoms with Crippen LogP contribution in [0.2, 0.25) is 0 Å². The zero-order chi connectivity index (χ0) is 17.6. The third kappa shape index (κ3) is 4.58. The van der Waals surface area contributed by atoms with Gasteiger partial charge in [-0.05, 0) is 48.5 Å². The summed E-state index contributed by atoms with van der Waals surface area (Å²) < 4.78 is 6.12. The van der Waals surface area contributed by atoms with Crippen molar-refractivity contribution < 1.29 is 9.53 Å². The second kappa shape index (κ2) is 7.81. The van der Waals surface area contributed by atoms with Gasteiger partial charge in [0.1, 0.15) is 11.6 Å². The molecule has 0 aliphatic rings. The molecule has 25 heavy (non-hydrogen) atoms. The number of hydrogen-bond donors (Lipinski definition) is 2. The fourth-order valence-corrected chi connectivity index (χ4v) is 2.63. The molecule has 126 valence electrons. The first-order chi connectivity index (χ1) is 12.1. The highest BCUT2D eigenvalue weighted by Crippen LogP contribution is 2.21. The summed E-state index contributed by atoms with van der Waals surface area (Å²) in [6.07, 6.45) is 1.67. The van der Waals surface area contributed by atoms with Gasteiger partial charge in [-0.25, -0.2) is 4.98 Å². The number of carbonyl (C=O) groups is 1. The number of pyridine rings is 1. The Morgan fingerprint density at radius 3 is 2.60 bits per heavy atom. The van der Waals surface area contributed by atoms with Crippen LogP contribution in [0.1, 0.15) is 10.4 Å². The Bertz CT molecular complexity index is 882. The zero-order valence-electron chi connectivity index (χ0n) is 13.5. The number of halogens is 1. The Kier molecular flexibility index (Phi) is 5.30. The van der Waals surface area contributed by atoms with Gasteiger partial charge in [0, 0.05) is 15.7 Å². The Balaban J connectivity index is 1.66. The quantitative estimate of drug-likeness (QED) is 0.645. The number of methoxy groups -OCH3 is 1. The lowest BCUT2D eigenvalue weighted by Gasteiger charge is -2.09. The summed E-state index contributed by atoms with van der Waals surface area (Å²) in [4.78, 5) is 16.5. The van der Waals surface area contributed by atoms with Gasteiger partial charge >= 0.3 is 0 Å². The highest BCUT2D eigenvalue weighted by atomic mass is 79.9. The molecule has 0 fully saturated rings. The molecule has 3 aromatic rings. The predicted molar refractivity (Wildman–Crippen MR) is 103 cm³/mol. The Labute approximate surface area is 154 Å². The van der Waals surface area contributed by atoms with E-state index in [1.54, 1.807) is 43.6 Å². The van der Waals surface area contributed by atoms with Crippen molar-refractivity contribution in [1.82, 2.24) is 4.98 Å². The molecular weight excluding hydrogens is 382 g/mol. The number of rotatable bonds is 5. The number of ether oxygens (including phenoxy) is 1. The van der Waals surface area contributed by atoms with Crippen LogP contribution in [0.4, 0.5) is 17.2 Å². The van der Waals surface area contributed by atoms with Crippen LogP contribution >= 0.6 is 15.9 Å². The van der Waals surface area contributed by atoms with E-state index in [9.17, 15) is 4.79 Å². The summed E-state index contributed by atoms with van der Waals surface area (Å²) in [6.45, 7) is 0. The molecular formula is C19H16BrN3O2. The van der Waals surface area contributed by atoms with Crippen LogP contribution in [-0.4, -0.2) is 18.0 Å². The maximum absolute atomic E-state index is 12.3. The van der Waals surface area contributed by atoms with Crippen molar-refractivity contribution in [3.8, 4) is 5.75 Å². The minimum atomic E-state index is -0.237. The lowest BCUT2D eigenvalue weighted by molar-refractivity contribution is 0.102. The average Bonchev–Trinajstić information content (AvgIpc) is 2.63. The molecule has 2 aromatic carbocycles. The Hall–Kier alpha value is -2.86. The molecule has 0 atom stereocenters. The van der Waals surface area contributed by atoms with Crippen LogP contribution in [-0.2, 0) is 0 Å². The number of nitrogens with zero attached hydrogens (tertiary/aromatic N) is 1. The van der Waals surface area contributed by atoms with Gasteiger partial charge < -0.3 is 15.4 Å². The molecule has 3 rings (SSSR count). The Morgan fingerprint density at radius 2 is 1.88 bits per heavy atom. The van der Waals surface area contributed by atoms with Gasteiger partial charge in [-0.2, -0.15) is 0 Å². The molecule has 0 aliphatic heterocycles. The van der Waals surface area contributed by atoms with Gasteiger partial charge in [0.15, 0.2) is 0 Å². The number of hydrogen-bond acceptors (Lipinski definition) is 4. The van der Waals surface area contributed by atoms with Crippen LogP contribution < -0.4 is 15.4 Å². The molecule has 0 unspecified atom stereocenters. The van der Waals surface area contributed by atoms with Crippen molar-refractivity contribution in [2.75, 3.05) is 17.7 Å². The first-order valence-electron chi connectivity index (χ1n) is 7.58. The number of carbonyl (C=O) groups excluding carboxylic acids is 1. The van der Waals surface area contributed by atoms with Crippen molar-refractivity contribution in [3.63, 3.8) is 0 Å². The van der Waals surface area contributed by atoms with Crippen LogP contribution in [0, 0.1) is 0 Å². The van der Waals surface area contributed by atoms with Crippen LogP contribution in [0.25, 0.3) is 0 Å². The second-order valence-electron chi connectivity index (χ2n) is 5.25. The molecule has 1 amide bonds. The smallest absolute Gasteiger partial charge is 0.256 e. The van der Waals surface area contributed by atoms with Crippen molar-refractivity contribution in [2.24, 2.45) is 0 Å². The van der Waals surface area contributed by atoms with Crippen molar-refractivity contribution >= 4 is 39.0 Å². The number of benzene rings is 2. The van der Waals surface area contributed by atoms with Crippen molar-refractivity contribution in [3.05, 3.63) is 76.9 Å². The normalized spacial score (nSPS) is 10.2. The molecule has 2 N–H and O–H groups in total. The topological polar surface area (TPSA) is 63.2 Å². The number of nitrogens with one attached hydrogen (secondary N) is 2. The minimum absolute atomic E-state index is 0.237. The summed E-state index contributed by atoms with van der Waals surface area (Å²) in [5.41, 5.74) is 2.29. The lowest BCUT2D eigenvalue weighted by atomic mass is 10.2. The fourth-order valence-electron chi connectivity index (χ4n) is 2.23. The molecule has 1 heterocycles. The molecule has 5 nitrogen and oxygen atoms in total. The summed E-state index contributed by atoms with van der Waals surface area (Å²) in [7, 11) is 1.57. The summed E-state index contributed by atoms with van der Waals surface area (Å²) in [5.74, 6) is 0.876. The summed E-state index contributed by atoms with van der Waals surface area (Å²) in [5, 5.41) is 6.02. The molecule has 0 spiro atoms. The van der Waals surface area contributed by atoms with E-state index in [2.05, 4.69) is 31.5 Å². The fraction of sp³-hybridized carbons (Fsp3) is 0.0526. The highest BCUT2D eigenvalue weighted by molar-refractivity contribution is 9.10. The molecule has 0 bridgehead atoms. The SMILES string of the molecule is COc1cccc(C(=O)Nc2ccc(Nc3cccc(Br)c3)cn2)c1. The molecule has 0 aliphatic carbocycles. The van der Waals surface area contributed by atoms with E-state index < -0.39 is 0 Å². The number of aromatic nitrogens is 1. The van der Waals surface area contributed by atoms with E-state index in [-0.39, 0.29) is 5.91 Å². The van der Waals surface area contributed by atoms with Crippen LogP contribution in [0.5, 0.6) is 5.75 Å². The van der Waals surface area contributed by atoms with Gasteiger partial charge in [0.25, 0.3) is 5.91 Å². The zero-order valence-corrected chi connectivity index (χ0v) is 15.1. The molecule has 0 saturated heterocycles. The minimum Gasteiger partial charge on any atom is -0.497 e. The van der Waals surface area contributed by atoms with E-state index in [1.807, 2.05) is 30.3 Å². The third-order valence-corrected chi connectivity index (χ3v) is 3.94. The maximum atomic E-state index is 12.3. The monoisotopic (exact) mass is 397 g/mol. The number of anilines is 3. The highest BCUT2D eigenvalue weighted by Gasteiger charge is 2.08. The van der Waals surface area contributed by atoms with Gasteiger partial charge in [-0.15, -0.1) is 0 Å².